The Bertz CT molecular complexity index is 1170. The van der Waals surface area contributed by atoms with Gasteiger partial charge in [0.1, 0.15) is 11.6 Å². The maximum absolute atomic E-state index is 13.0. The van der Waals surface area contributed by atoms with Crippen LogP contribution in [0.4, 0.5) is 13.2 Å². The number of nitriles is 1. The number of thiophene rings is 1. The lowest BCUT2D eigenvalue weighted by Crippen LogP contribution is -2.21. The second-order valence-corrected chi connectivity index (χ2v) is 8.15. The SMILES string of the molecule is Cc1cc(-c2[nH]nc3c2C(c2ccc(C(F)(F)F)cc2)C(C#N)=C(N)O3)c(C)s1. The Morgan fingerprint density at radius 3 is 2.48 bits per heavy atom. The fourth-order valence-electron chi connectivity index (χ4n) is 3.53. The van der Waals surface area contributed by atoms with Crippen LogP contribution in [0.25, 0.3) is 11.3 Å². The number of rotatable bonds is 2. The van der Waals surface area contributed by atoms with Crippen molar-refractivity contribution in [3.05, 3.63) is 68.2 Å². The summed E-state index contributed by atoms with van der Waals surface area (Å²) >= 11 is 1.61. The molecule has 9 heteroatoms. The number of hydrogen-bond acceptors (Lipinski definition) is 5. The number of alkyl halides is 3. The zero-order valence-electron chi connectivity index (χ0n) is 15.4. The van der Waals surface area contributed by atoms with E-state index in [0.29, 0.717) is 16.8 Å². The van der Waals surface area contributed by atoms with Gasteiger partial charge in [0, 0.05) is 15.3 Å². The van der Waals surface area contributed by atoms with Gasteiger partial charge < -0.3 is 10.5 Å². The van der Waals surface area contributed by atoms with Gasteiger partial charge in [-0.25, -0.2) is 0 Å². The van der Waals surface area contributed by atoms with Crippen molar-refractivity contribution in [1.82, 2.24) is 10.2 Å². The van der Waals surface area contributed by atoms with Crippen LogP contribution in [0, 0.1) is 25.2 Å². The predicted octanol–water partition coefficient (Wildman–Crippen LogP) is 4.99. The van der Waals surface area contributed by atoms with Gasteiger partial charge in [0.2, 0.25) is 11.8 Å². The van der Waals surface area contributed by atoms with E-state index >= 15 is 0 Å². The van der Waals surface area contributed by atoms with Gasteiger partial charge in [0.05, 0.1) is 22.7 Å². The Labute approximate surface area is 168 Å². The van der Waals surface area contributed by atoms with Gasteiger partial charge in [-0.2, -0.15) is 18.4 Å². The van der Waals surface area contributed by atoms with Gasteiger partial charge in [-0.15, -0.1) is 16.4 Å². The number of nitrogens with two attached hydrogens (primary N) is 1. The fraction of sp³-hybridized carbons (Fsp3) is 0.200. The molecule has 0 bridgehead atoms. The monoisotopic (exact) mass is 416 g/mol. The molecule has 29 heavy (non-hydrogen) atoms. The summed E-state index contributed by atoms with van der Waals surface area (Å²) in [6, 6.07) is 8.74. The van der Waals surface area contributed by atoms with Crippen molar-refractivity contribution in [2.75, 3.05) is 0 Å². The normalized spacial score (nSPS) is 16.3. The van der Waals surface area contributed by atoms with E-state index in [4.69, 9.17) is 10.5 Å². The molecule has 0 fully saturated rings. The molecule has 0 saturated heterocycles. The van der Waals surface area contributed by atoms with E-state index in [1.165, 1.54) is 12.1 Å². The lowest BCUT2D eigenvalue weighted by molar-refractivity contribution is -0.137. The topological polar surface area (TPSA) is 87.7 Å². The third-order valence-electron chi connectivity index (χ3n) is 4.82. The van der Waals surface area contributed by atoms with Crippen LogP contribution < -0.4 is 10.5 Å². The number of H-pyrrole nitrogens is 1. The van der Waals surface area contributed by atoms with Gasteiger partial charge in [0.25, 0.3) is 0 Å². The third-order valence-corrected chi connectivity index (χ3v) is 5.79. The molecule has 1 unspecified atom stereocenters. The number of nitrogens with zero attached hydrogens (tertiary/aromatic N) is 2. The molecule has 0 aliphatic carbocycles. The standard InChI is InChI=1S/C20H15F3N4OS/c1-9-7-13(10(2)29-9)17-16-15(11-3-5-12(6-4-11)20(21,22)23)14(8-24)18(25)28-19(16)27-26-17/h3-7,15H,25H2,1-2H3,(H,26,27). The highest BCUT2D eigenvalue weighted by Crippen LogP contribution is 2.47. The van der Waals surface area contributed by atoms with Crippen LogP contribution in [0.2, 0.25) is 0 Å². The van der Waals surface area contributed by atoms with Crippen molar-refractivity contribution in [2.45, 2.75) is 25.9 Å². The summed E-state index contributed by atoms with van der Waals surface area (Å²) in [6.45, 7) is 3.94. The van der Waals surface area contributed by atoms with Crippen LogP contribution in [0.3, 0.4) is 0 Å². The summed E-state index contributed by atoms with van der Waals surface area (Å²) in [5.74, 6) is -0.592. The number of aromatic nitrogens is 2. The van der Waals surface area contributed by atoms with Crippen molar-refractivity contribution < 1.29 is 17.9 Å². The quantitative estimate of drug-likeness (QED) is 0.616. The summed E-state index contributed by atoms with van der Waals surface area (Å²) in [5.41, 5.74) is 7.92. The first kappa shape index (κ1) is 19.1. The van der Waals surface area contributed by atoms with E-state index in [2.05, 4.69) is 10.2 Å². The van der Waals surface area contributed by atoms with E-state index < -0.39 is 17.7 Å². The van der Waals surface area contributed by atoms with Crippen LogP contribution in [-0.4, -0.2) is 10.2 Å². The number of allylic oxidation sites excluding steroid dienone is 1. The molecular weight excluding hydrogens is 401 g/mol. The highest BCUT2D eigenvalue weighted by Gasteiger charge is 2.37. The molecule has 4 rings (SSSR count). The molecule has 0 saturated carbocycles. The molecule has 148 valence electrons. The zero-order valence-corrected chi connectivity index (χ0v) is 16.2. The first-order valence-electron chi connectivity index (χ1n) is 8.61. The van der Waals surface area contributed by atoms with Gasteiger partial charge in [-0.05, 0) is 37.6 Å². The highest BCUT2D eigenvalue weighted by atomic mass is 32.1. The lowest BCUT2D eigenvalue weighted by Gasteiger charge is -2.24. The minimum Gasteiger partial charge on any atom is -0.420 e. The van der Waals surface area contributed by atoms with E-state index in [-0.39, 0.29) is 17.3 Å². The summed E-state index contributed by atoms with van der Waals surface area (Å²) in [5, 5.41) is 16.8. The first-order chi connectivity index (χ1) is 13.7. The number of nitrogens with one attached hydrogen (secondary N) is 1. The fourth-order valence-corrected chi connectivity index (χ4v) is 4.46. The predicted molar refractivity (Wildman–Crippen MR) is 102 cm³/mol. The number of hydrogen-bond donors (Lipinski definition) is 2. The Morgan fingerprint density at radius 1 is 1.24 bits per heavy atom. The second-order valence-electron chi connectivity index (χ2n) is 6.69. The van der Waals surface area contributed by atoms with E-state index in [1.54, 1.807) is 11.3 Å². The number of aryl methyl sites for hydroxylation is 2. The average Bonchev–Trinajstić information content (AvgIpc) is 3.21. The molecule has 1 aliphatic rings. The Hall–Kier alpha value is -3.25. The van der Waals surface area contributed by atoms with Gasteiger partial charge in [-0.1, -0.05) is 12.1 Å². The minimum absolute atomic E-state index is 0.110. The summed E-state index contributed by atoms with van der Waals surface area (Å²) in [6.07, 6.45) is -4.45. The molecule has 2 aromatic heterocycles. The number of halogens is 3. The van der Waals surface area contributed by atoms with Crippen LogP contribution in [0.15, 0.2) is 41.8 Å². The van der Waals surface area contributed by atoms with Crippen LogP contribution in [0.1, 0.15) is 32.4 Å². The van der Waals surface area contributed by atoms with E-state index in [1.807, 2.05) is 26.0 Å². The minimum atomic E-state index is -4.45. The molecular formula is C20H15F3N4OS. The maximum Gasteiger partial charge on any atom is 0.416 e. The van der Waals surface area contributed by atoms with Crippen molar-refractivity contribution in [2.24, 2.45) is 5.73 Å². The Morgan fingerprint density at radius 2 is 1.93 bits per heavy atom. The van der Waals surface area contributed by atoms with Crippen LogP contribution >= 0.6 is 11.3 Å². The molecule has 3 heterocycles. The summed E-state index contributed by atoms with van der Waals surface area (Å²) in [7, 11) is 0. The van der Waals surface area contributed by atoms with Crippen molar-refractivity contribution in [3.63, 3.8) is 0 Å². The smallest absolute Gasteiger partial charge is 0.416 e. The molecule has 1 aromatic carbocycles. The number of fused-ring (bicyclic) bond motifs is 1. The molecule has 1 aliphatic heterocycles. The Balaban J connectivity index is 1.91. The van der Waals surface area contributed by atoms with Crippen molar-refractivity contribution >= 4 is 11.3 Å². The zero-order chi connectivity index (χ0) is 20.9. The van der Waals surface area contributed by atoms with Crippen LogP contribution in [-0.2, 0) is 6.18 Å². The highest BCUT2D eigenvalue weighted by molar-refractivity contribution is 7.12. The number of ether oxygens (including phenoxy) is 1. The molecule has 0 amide bonds. The van der Waals surface area contributed by atoms with Gasteiger partial charge >= 0.3 is 6.18 Å². The second kappa shape index (κ2) is 6.67. The maximum atomic E-state index is 13.0. The van der Waals surface area contributed by atoms with Crippen molar-refractivity contribution in [3.8, 4) is 23.2 Å². The average molecular weight is 416 g/mol. The largest absolute Gasteiger partial charge is 0.420 e. The van der Waals surface area contributed by atoms with Crippen LogP contribution in [0.5, 0.6) is 5.88 Å². The first-order valence-corrected chi connectivity index (χ1v) is 9.42. The molecule has 5 nitrogen and oxygen atoms in total. The molecule has 3 aromatic rings. The van der Waals surface area contributed by atoms with E-state index in [0.717, 1.165) is 27.5 Å². The van der Waals surface area contributed by atoms with E-state index in [9.17, 15) is 18.4 Å². The lowest BCUT2D eigenvalue weighted by atomic mass is 9.83. The molecule has 3 N–H and O–H groups in total. The molecule has 1 atom stereocenters. The third kappa shape index (κ3) is 3.15. The number of aromatic amines is 1. The summed E-state index contributed by atoms with van der Waals surface area (Å²) in [4.78, 5) is 2.14. The number of benzene rings is 1. The summed E-state index contributed by atoms with van der Waals surface area (Å²) < 4.78 is 44.4. The van der Waals surface area contributed by atoms with Crippen molar-refractivity contribution in [1.29, 1.82) is 5.26 Å². The molecule has 0 radical (unpaired) electrons. The Kier molecular flexibility index (Phi) is 4.39. The van der Waals surface area contributed by atoms with Gasteiger partial charge in [0.15, 0.2) is 0 Å². The molecule has 0 spiro atoms. The van der Waals surface area contributed by atoms with Gasteiger partial charge in [-0.3, -0.25) is 5.10 Å².